The lowest BCUT2D eigenvalue weighted by Gasteiger charge is -2.28. The number of anilines is 1. The van der Waals surface area contributed by atoms with Crippen molar-refractivity contribution >= 4 is 5.69 Å². The van der Waals surface area contributed by atoms with E-state index in [1.807, 2.05) is 30.5 Å². The highest BCUT2D eigenvalue weighted by molar-refractivity contribution is 5.50. The second kappa shape index (κ2) is 6.52. The average Bonchev–Trinajstić information content (AvgIpc) is 3.01. The molecule has 0 spiro atoms. The first kappa shape index (κ1) is 13.8. The van der Waals surface area contributed by atoms with Crippen molar-refractivity contribution in [3.05, 3.63) is 36.2 Å². The van der Waals surface area contributed by atoms with Gasteiger partial charge in [0.2, 0.25) is 0 Å². The highest BCUT2D eigenvalue weighted by Crippen LogP contribution is 2.24. The number of nitrogens with one attached hydrogen (secondary N) is 1. The Kier molecular flexibility index (Phi) is 4.28. The maximum absolute atomic E-state index is 5.76. The van der Waals surface area contributed by atoms with Crippen molar-refractivity contribution in [2.45, 2.75) is 19.3 Å². The minimum absolute atomic E-state index is 0.718. The summed E-state index contributed by atoms with van der Waals surface area (Å²) in [5.74, 6) is 1.74. The highest BCUT2D eigenvalue weighted by atomic mass is 16.5. The number of hydrogen-bond donors (Lipinski definition) is 1. The van der Waals surface area contributed by atoms with E-state index in [9.17, 15) is 0 Å². The lowest BCUT2D eigenvalue weighted by Crippen LogP contribution is -2.30. The predicted octanol–water partition coefficient (Wildman–Crippen LogP) is 2.64. The number of H-pyrrole nitrogens is 1. The van der Waals surface area contributed by atoms with Crippen molar-refractivity contribution in [1.82, 2.24) is 10.2 Å². The molecule has 1 aromatic carbocycles. The molecule has 1 aliphatic rings. The van der Waals surface area contributed by atoms with Gasteiger partial charge in [-0.15, -0.1) is 0 Å². The zero-order valence-corrected chi connectivity index (χ0v) is 12.3. The predicted molar refractivity (Wildman–Crippen MR) is 82.2 cm³/mol. The summed E-state index contributed by atoms with van der Waals surface area (Å²) in [6.07, 6.45) is 5.22. The third-order valence-electron chi connectivity index (χ3n) is 3.79. The van der Waals surface area contributed by atoms with Gasteiger partial charge < -0.3 is 14.4 Å². The van der Waals surface area contributed by atoms with Gasteiger partial charge >= 0.3 is 0 Å². The maximum Gasteiger partial charge on any atom is 0.119 e. The zero-order chi connectivity index (χ0) is 14.5. The first-order valence-corrected chi connectivity index (χ1v) is 7.41. The van der Waals surface area contributed by atoms with Gasteiger partial charge in [0.1, 0.15) is 11.5 Å². The summed E-state index contributed by atoms with van der Waals surface area (Å²) in [7, 11) is 1.67. The molecule has 5 nitrogen and oxygen atoms in total. The molecular formula is C16H21N3O2. The van der Waals surface area contributed by atoms with Gasteiger partial charge in [-0.3, -0.25) is 5.10 Å². The summed E-state index contributed by atoms with van der Waals surface area (Å²) in [5.41, 5.74) is 2.52. The number of methoxy groups -OCH3 is 1. The maximum atomic E-state index is 5.76. The Labute approximate surface area is 124 Å². The largest absolute Gasteiger partial charge is 0.497 e. The summed E-state index contributed by atoms with van der Waals surface area (Å²) in [6, 6.07) is 7.71. The van der Waals surface area contributed by atoms with E-state index < -0.39 is 0 Å². The molecule has 0 fully saturated rings. The Bertz CT molecular complexity index is 565. The highest BCUT2D eigenvalue weighted by Gasteiger charge is 2.17. The van der Waals surface area contributed by atoms with Crippen molar-refractivity contribution in [2.24, 2.45) is 0 Å². The number of aromatic nitrogens is 2. The Morgan fingerprint density at radius 1 is 1.24 bits per heavy atom. The SMILES string of the molecule is COc1ccc(OCCCN2CCCc3[nH]ncc32)cc1. The van der Waals surface area contributed by atoms with Gasteiger partial charge in [-0.05, 0) is 43.5 Å². The van der Waals surface area contributed by atoms with Gasteiger partial charge in [0.25, 0.3) is 0 Å². The number of ether oxygens (including phenoxy) is 2. The molecule has 21 heavy (non-hydrogen) atoms. The van der Waals surface area contributed by atoms with E-state index in [1.165, 1.54) is 17.8 Å². The summed E-state index contributed by atoms with van der Waals surface area (Å²) in [4.78, 5) is 2.39. The Hall–Kier alpha value is -2.17. The number of aryl methyl sites for hydroxylation is 1. The van der Waals surface area contributed by atoms with E-state index in [0.717, 1.165) is 44.0 Å². The molecule has 5 heteroatoms. The van der Waals surface area contributed by atoms with Gasteiger partial charge in [0.15, 0.2) is 0 Å². The van der Waals surface area contributed by atoms with Crippen LogP contribution in [0.5, 0.6) is 11.5 Å². The van der Waals surface area contributed by atoms with Crippen LogP contribution in [-0.2, 0) is 6.42 Å². The number of rotatable bonds is 6. The van der Waals surface area contributed by atoms with Crippen molar-refractivity contribution < 1.29 is 9.47 Å². The molecule has 0 atom stereocenters. The molecule has 3 rings (SSSR count). The number of hydrogen-bond acceptors (Lipinski definition) is 4. The number of aromatic amines is 1. The molecule has 0 unspecified atom stereocenters. The minimum atomic E-state index is 0.718. The number of nitrogens with zero attached hydrogens (tertiary/aromatic N) is 2. The van der Waals surface area contributed by atoms with E-state index in [1.54, 1.807) is 7.11 Å². The topological polar surface area (TPSA) is 50.4 Å². The molecule has 0 saturated carbocycles. The van der Waals surface area contributed by atoms with Gasteiger partial charge in [0.05, 0.1) is 31.3 Å². The Balaban J connectivity index is 1.44. The summed E-state index contributed by atoms with van der Waals surface area (Å²) >= 11 is 0. The van der Waals surface area contributed by atoms with Crippen LogP contribution in [0.2, 0.25) is 0 Å². The molecule has 112 valence electrons. The van der Waals surface area contributed by atoms with Gasteiger partial charge in [-0.1, -0.05) is 0 Å². The van der Waals surface area contributed by atoms with Gasteiger partial charge in [0, 0.05) is 13.1 Å². The average molecular weight is 287 g/mol. The van der Waals surface area contributed by atoms with E-state index in [0.29, 0.717) is 0 Å². The van der Waals surface area contributed by atoms with Crippen LogP contribution in [0.3, 0.4) is 0 Å². The number of fused-ring (bicyclic) bond motifs is 1. The second-order valence-electron chi connectivity index (χ2n) is 5.20. The molecule has 1 aromatic heterocycles. The van der Waals surface area contributed by atoms with Crippen molar-refractivity contribution in [1.29, 1.82) is 0 Å². The fourth-order valence-electron chi connectivity index (χ4n) is 2.68. The van der Waals surface area contributed by atoms with Crippen LogP contribution in [0.15, 0.2) is 30.5 Å². The van der Waals surface area contributed by atoms with Crippen molar-refractivity contribution in [3.8, 4) is 11.5 Å². The molecule has 1 N–H and O–H groups in total. The Morgan fingerprint density at radius 2 is 2.05 bits per heavy atom. The third-order valence-corrected chi connectivity index (χ3v) is 3.79. The van der Waals surface area contributed by atoms with E-state index >= 15 is 0 Å². The fraction of sp³-hybridized carbons (Fsp3) is 0.438. The summed E-state index contributed by atoms with van der Waals surface area (Å²) < 4.78 is 10.9. The molecule has 0 bridgehead atoms. The summed E-state index contributed by atoms with van der Waals surface area (Å²) in [5, 5.41) is 7.22. The zero-order valence-electron chi connectivity index (χ0n) is 12.3. The van der Waals surface area contributed by atoms with Crippen LogP contribution < -0.4 is 14.4 Å². The van der Waals surface area contributed by atoms with Crippen LogP contribution >= 0.6 is 0 Å². The molecule has 0 radical (unpaired) electrons. The van der Waals surface area contributed by atoms with Crippen molar-refractivity contribution in [3.63, 3.8) is 0 Å². The smallest absolute Gasteiger partial charge is 0.119 e. The molecule has 2 aromatic rings. The normalized spacial score (nSPS) is 13.9. The second-order valence-corrected chi connectivity index (χ2v) is 5.20. The van der Waals surface area contributed by atoms with E-state index in [-0.39, 0.29) is 0 Å². The van der Waals surface area contributed by atoms with E-state index in [4.69, 9.17) is 9.47 Å². The first-order chi connectivity index (χ1) is 10.4. The van der Waals surface area contributed by atoms with Crippen LogP contribution in [0.1, 0.15) is 18.5 Å². The summed E-state index contributed by atoms with van der Waals surface area (Å²) in [6.45, 7) is 2.83. The van der Waals surface area contributed by atoms with Crippen LogP contribution in [0, 0.1) is 0 Å². The molecule has 1 aliphatic heterocycles. The Morgan fingerprint density at radius 3 is 2.86 bits per heavy atom. The molecular weight excluding hydrogens is 266 g/mol. The van der Waals surface area contributed by atoms with Crippen LogP contribution in [0.4, 0.5) is 5.69 Å². The lowest BCUT2D eigenvalue weighted by atomic mass is 10.1. The minimum Gasteiger partial charge on any atom is -0.497 e. The lowest BCUT2D eigenvalue weighted by molar-refractivity contribution is 0.310. The standard InChI is InChI=1S/C16H21N3O2/c1-20-13-5-7-14(8-6-13)21-11-3-10-19-9-2-4-15-16(19)12-17-18-15/h5-8,12H,2-4,9-11H2,1H3,(H,17,18). The number of benzene rings is 1. The monoisotopic (exact) mass is 287 g/mol. The van der Waals surface area contributed by atoms with E-state index in [2.05, 4.69) is 15.1 Å². The van der Waals surface area contributed by atoms with Gasteiger partial charge in [-0.2, -0.15) is 5.10 Å². The third kappa shape index (κ3) is 3.29. The molecule has 0 amide bonds. The van der Waals surface area contributed by atoms with Gasteiger partial charge in [-0.25, -0.2) is 0 Å². The van der Waals surface area contributed by atoms with Crippen LogP contribution in [-0.4, -0.2) is 37.0 Å². The molecule has 0 aliphatic carbocycles. The first-order valence-electron chi connectivity index (χ1n) is 7.41. The van der Waals surface area contributed by atoms with Crippen LogP contribution in [0.25, 0.3) is 0 Å². The van der Waals surface area contributed by atoms with Crippen molar-refractivity contribution in [2.75, 3.05) is 31.7 Å². The fourth-order valence-corrected chi connectivity index (χ4v) is 2.68. The molecule has 2 heterocycles. The quantitative estimate of drug-likeness (QED) is 0.830. The molecule has 0 saturated heterocycles.